The van der Waals surface area contributed by atoms with Crippen molar-refractivity contribution in [1.29, 1.82) is 0 Å². The Morgan fingerprint density at radius 2 is 1.71 bits per heavy atom. The van der Waals surface area contributed by atoms with Crippen molar-refractivity contribution in [3.05, 3.63) is 76.9 Å². The fraction of sp³-hybridized carbons (Fsp3) is 0.364. The SMILES string of the molecule is CC1=C(C)[C@@H](Cc2ccc(O)cc2)N([C@@H](C)c2ccccc2)CC1. The van der Waals surface area contributed by atoms with Crippen LogP contribution in [0.25, 0.3) is 0 Å². The summed E-state index contributed by atoms with van der Waals surface area (Å²) in [6, 6.07) is 19.2. The van der Waals surface area contributed by atoms with E-state index in [0.717, 1.165) is 19.4 Å². The van der Waals surface area contributed by atoms with Gasteiger partial charge in [-0.2, -0.15) is 0 Å². The number of phenols is 1. The lowest BCUT2D eigenvalue weighted by molar-refractivity contribution is 0.153. The molecule has 1 heterocycles. The predicted octanol–water partition coefficient (Wildman–Crippen LogP) is 5.11. The first-order valence-corrected chi connectivity index (χ1v) is 8.81. The van der Waals surface area contributed by atoms with Crippen LogP contribution in [0.4, 0.5) is 0 Å². The van der Waals surface area contributed by atoms with Crippen molar-refractivity contribution in [2.45, 2.75) is 45.7 Å². The number of benzene rings is 2. The minimum Gasteiger partial charge on any atom is -0.508 e. The minimum atomic E-state index is 0.334. The van der Waals surface area contributed by atoms with Crippen LogP contribution >= 0.6 is 0 Å². The van der Waals surface area contributed by atoms with Crippen molar-refractivity contribution < 1.29 is 5.11 Å². The summed E-state index contributed by atoms with van der Waals surface area (Å²) in [5.41, 5.74) is 5.67. The van der Waals surface area contributed by atoms with Crippen molar-refractivity contribution in [2.24, 2.45) is 0 Å². The molecule has 2 aromatic carbocycles. The molecule has 0 saturated heterocycles. The van der Waals surface area contributed by atoms with E-state index in [1.54, 1.807) is 12.1 Å². The largest absolute Gasteiger partial charge is 0.508 e. The fourth-order valence-electron chi connectivity index (χ4n) is 3.70. The smallest absolute Gasteiger partial charge is 0.115 e. The van der Waals surface area contributed by atoms with Crippen LogP contribution < -0.4 is 0 Å². The molecule has 126 valence electrons. The molecule has 0 aromatic heterocycles. The Balaban J connectivity index is 1.88. The van der Waals surface area contributed by atoms with Crippen LogP contribution in [0.1, 0.15) is 44.4 Å². The van der Waals surface area contributed by atoms with Gasteiger partial charge >= 0.3 is 0 Å². The van der Waals surface area contributed by atoms with Gasteiger partial charge in [0, 0.05) is 18.6 Å². The first kappa shape index (κ1) is 16.8. The Labute approximate surface area is 145 Å². The van der Waals surface area contributed by atoms with Crippen LogP contribution in [0, 0.1) is 0 Å². The molecule has 2 aromatic rings. The van der Waals surface area contributed by atoms with E-state index in [0.29, 0.717) is 17.8 Å². The number of hydrogen-bond acceptors (Lipinski definition) is 2. The number of rotatable bonds is 4. The van der Waals surface area contributed by atoms with Crippen LogP contribution in [0.2, 0.25) is 0 Å². The van der Waals surface area contributed by atoms with Gasteiger partial charge < -0.3 is 5.11 Å². The highest BCUT2D eigenvalue weighted by atomic mass is 16.3. The topological polar surface area (TPSA) is 23.5 Å². The van der Waals surface area contributed by atoms with E-state index in [1.807, 2.05) is 12.1 Å². The summed E-state index contributed by atoms with van der Waals surface area (Å²) >= 11 is 0. The molecule has 0 fully saturated rings. The first-order chi connectivity index (χ1) is 11.6. The summed E-state index contributed by atoms with van der Waals surface area (Å²) in [7, 11) is 0. The van der Waals surface area contributed by atoms with Gasteiger partial charge in [0.05, 0.1) is 0 Å². The van der Waals surface area contributed by atoms with E-state index in [1.165, 1.54) is 22.3 Å². The molecule has 0 radical (unpaired) electrons. The number of aromatic hydroxyl groups is 1. The summed E-state index contributed by atoms with van der Waals surface area (Å²) in [6.45, 7) is 7.96. The second-order valence-electron chi connectivity index (χ2n) is 6.92. The van der Waals surface area contributed by atoms with E-state index in [2.05, 4.69) is 56.0 Å². The molecular formula is C22H27NO. The molecule has 2 heteroatoms. The lowest BCUT2D eigenvalue weighted by Crippen LogP contribution is -2.43. The quantitative estimate of drug-likeness (QED) is 0.791. The molecular weight excluding hydrogens is 294 g/mol. The van der Waals surface area contributed by atoms with Gasteiger partial charge in [-0.05, 0) is 56.9 Å². The molecule has 0 saturated carbocycles. The highest BCUT2D eigenvalue weighted by molar-refractivity contribution is 5.30. The molecule has 24 heavy (non-hydrogen) atoms. The molecule has 1 aliphatic rings. The Kier molecular flexibility index (Phi) is 5.06. The third kappa shape index (κ3) is 3.54. The van der Waals surface area contributed by atoms with Gasteiger partial charge in [-0.15, -0.1) is 0 Å². The van der Waals surface area contributed by atoms with Crippen LogP contribution in [0.5, 0.6) is 5.75 Å². The van der Waals surface area contributed by atoms with Gasteiger partial charge in [0.2, 0.25) is 0 Å². The molecule has 0 amide bonds. The minimum absolute atomic E-state index is 0.334. The number of phenolic OH excluding ortho intramolecular Hbond substituents is 1. The van der Waals surface area contributed by atoms with Crippen LogP contribution in [-0.4, -0.2) is 22.6 Å². The average Bonchev–Trinajstić information content (AvgIpc) is 2.61. The van der Waals surface area contributed by atoms with Crippen LogP contribution in [-0.2, 0) is 6.42 Å². The zero-order valence-electron chi connectivity index (χ0n) is 14.9. The maximum Gasteiger partial charge on any atom is 0.115 e. The second-order valence-corrected chi connectivity index (χ2v) is 6.92. The first-order valence-electron chi connectivity index (χ1n) is 8.81. The highest BCUT2D eigenvalue weighted by Gasteiger charge is 2.29. The van der Waals surface area contributed by atoms with Gasteiger partial charge in [-0.3, -0.25) is 4.90 Å². The van der Waals surface area contributed by atoms with Gasteiger partial charge in [0.15, 0.2) is 0 Å². The van der Waals surface area contributed by atoms with E-state index in [9.17, 15) is 5.11 Å². The summed E-state index contributed by atoms with van der Waals surface area (Å²) in [5, 5.41) is 9.53. The van der Waals surface area contributed by atoms with Crippen molar-refractivity contribution >= 4 is 0 Å². The Morgan fingerprint density at radius 1 is 1.04 bits per heavy atom. The third-order valence-corrected chi connectivity index (χ3v) is 5.46. The summed E-state index contributed by atoms with van der Waals surface area (Å²) in [5.74, 6) is 0.334. The maximum atomic E-state index is 9.53. The van der Waals surface area contributed by atoms with Crippen molar-refractivity contribution in [3.8, 4) is 5.75 Å². The van der Waals surface area contributed by atoms with E-state index in [-0.39, 0.29) is 0 Å². The monoisotopic (exact) mass is 321 g/mol. The highest BCUT2D eigenvalue weighted by Crippen LogP contribution is 2.33. The van der Waals surface area contributed by atoms with Gasteiger partial charge in [-0.1, -0.05) is 53.6 Å². The summed E-state index contributed by atoms with van der Waals surface area (Å²) in [6.07, 6.45) is 2.13. The third-order valence-electron chi connectivity index (χ3n) is 5.46. The normalized spacial score (nSPS) is 20.2. The standard InChI is InChI=1S/C22H27NO/c1-16-13-14-23(18(3)20-7-5-4-6-8-20)22(17(16)2)15-19-9-11-21(24)12-10-19/h4-12,18,22,24H,13-15H2,1-3H3/t18-,22+/m0/s1. The van der Waals surface area contributed by atoms with E-state index < -0.39 is 0 Å². The molecule has 0 bridgehead atoms. The molecule has 1 aliphatic heterocycles. The summed E-state index contributed by atoms with van der Waals surface area (Å²) < 4.78 is 0. The number of hydrogen-bond donors (Lipinski definition) is 1. The molecule has 0 aliphatic carbocycles. The average molecular weight is 321 g/mol. The molecule has 0 spiro atoms. The lowest BCUT2D eigenvalue weighted by Gasteiger charge is -2.41. The lowest BCUT2D eigenvalue weighted by atomic mass is 9.88. The Hall–Kier alpha value is -2.06. The fourth-order valence-corrected chi connectivity index (χ4v) is 3.70. The summed E-state index contributed by atoms with van der Waals surface area (Å²) in [4.78, 5) is 2.63. The zero-order valence-corrected chi connectivity index (χ0v) is 14.9. The number of nitrogens with zero attached hydrogens (tertiary/aromatic N) is 1. The molecule has 0 unspecified atom stereocenters. The molecule has 1 N–H and O–H groups in total. The second kappa shape index (κ2) is 7.23. The van der Waals surface area contributed by atoms with Crippen molar-refractivity contribution in [2.75, 3.05) is 6.54 Å². The maximum absolute atomic E-state index is 9.53. The Bertz CT molecular complexity index is 703. The van der Waals surface area contributed by atoms with Gasteiger partial charge in [0.25, 0.3) is 0 Å². The van der Waals surface area contributed by atoms with Crippen LogP contribution in [0.15, 0.2) is 65.7 Å². The van der Waals surface area contributed by atoms with Crippen molar-refractivity contribution in [3.63, 3.8) is 0 Å². The van der Waals surface area contributed by atoms with Gasteiger partial charge in [0.1, 0.15) is 5.75 Å². The van der Waals surface area contributed by atoms with Gasteiger partial charge in [-0.25, -0.2) is 0 Å². The van der Waals surface area contributed by atoms with E-state index in [4.69, 9.17) is 0 Å². The predicted molar refractivity (Wildman–Crippen MR) is 100 cm³/mol. The zero-order chi connectivity index (χ0) is 17.1. The molecule has 3 rings (SSSR count). The van der Waals surface area contributed by atoms with Crippen molar-refractivity contribution in [1.82, 2.24) is 4.90 Å². The Morgan fingerprint density at radius 3 is 2.38 bits per heavy atom. The molecule has 2 nitrogen and oxygen atoms in total. The van der Waals surface area contributed by atoms with Crippen LogP contribution in [0.3, 0.4) is 0 Å². The molecule has 2 atom stereocenters. The van der Waals surface area contributed by atoms with E-state index >= 15 is 0 Å².